The molecule has 1 aromatic carbocycles. The molecule has 1 N–H and O–H groups in total. The van der Waals surface area contributed by atoms with Gasteiger partial charge in [0.2, 0.25) is 5.92 Å². The lowest BCUT2D eigenvalue weighted by Gasteiger charge is -2.38. The number of amides is 1. The molecule has 0 radical (unpaired) electrons. The van der Waals surface area contributed by atoms with E-state index in [4.69, 9.17) is 9.47 Å². The molecule has 27 heavy (non-hydrogen) atoms. The van der Waals surface area contributed by atoms with Gasteiger partial charge in [0.1, 0.15) is 5.76 Å². The minimum atomic E-state index is -2.72. The number of ether oxygens (including phenoxy) is 2. The Hall–Kier alpha value is -2.37. The van der Waals surface area contributed by atoms with Gasteiger partial charge in [-0.2, -0.15) is 0 Å². The van der Waals surface area contributed by atoms with Gasteiger partial charge in [-0.05, 0) is 56.9 Å². The molecule has 6 heteroatoms. The van der Waals surface area contributed by atoms with Crippen LogP contribution in [0.25, 0.3) is 5.57 Å². The zero-order valence-electron chi connectivity index (χ0n) is 16.2. The average Bonchev–Trinajstić information content (AvgIpc) is 2.82. The SMILES string of the molecule is C=C(OC)OC1=C(c2c(C)cc(C)cc2C)C(=O)NC12CCC(F)(F)CC2. The minimum absolute atomic E-state index is 0.0260. The number of rotatable bonds is 4. The lowest BCUT2D eigenvalue weighted by Crippen LogP contribution is -2.49. The Morgan fingerprint density at radius 2 is 1.67 bits per heavy atom. The number of alkyl halides is 2. The Balaban J connectivity index is 2.17. The van der Waals surface area contributed by atoms with E-state index in [0.29, 0.717) is 11.3 Å². The second-order valence-electron chi connectivity index (χ2n) is 7.55. The van der Waals surface area contributed by atoms with Gasteiger partial charge in [0.05, 0.1) is 18.2 Å². The van der Waals surface area contributed by atoms with Crippen LogP contribution in [0.4, 0.5) is 8.78 Å². The van der Waals surface area contributed by atoms with Crippen molar-refractivity contribution in [3.8, 4) is 0 Å². The number of halogens is 2. The maximum absolute atomic E-state index is 13.8. The number of aryl methyl sites for hydroxylation is 3. The molecule has 1 spiro atoms. The topological polar surface area (TPSA) is 47.6 Å². The molecule has 1 aromatic rings. The van der Waals surface area contributed by atoms with Gasteiger partial charge in [-0.1, -0.05) is 17.7 Å². The van der Waals surface area contributed by atoms with E-state index in [-0.39, 0.29) is 37.5 Å². The molecule has 0 aromatic heterocycles. The van der Waals surface area contributed by atoms with E-state index in [1.807, 2.05) is 32.9 Å². The second-order valence-corrected chi connectivity index (χ2v) is 7.55. The van der Waals surface area contributed by atoms with E-state index in [1.54, 1.807) is 0 Å². The third kappa shape index (κ3) is 3.45. The van der Waals surface area contributed by atoms with E-state index in [9.17, 15) is 13.6 Å². The molecular weight excluding hydrogens is 352 g/mol. The Morgan fingerprint density at radius 3 is 2.19 bits per heavy atom. The fraction of sp³-hybridized carbons (Fsp3) is 0.476. The average molecular weight is 377 g/mol. The van der Waals surface area contributed by atoms with Gasteiger partial charge < -0.3 is 14.8 Å². The van der Waals surface area contributed by atoms with Crippen LogP contribution >= 0.6 is 0 Å². The molecule has 1 heterocycles. The van der Waals surface area contributed by atoms with Crippen LogP contribution in [0, 0.1) is 20.8 Å². The number of hydrogen-bond acceptors (Lipinski definition) is 3. The van der Waals surface area contributed by atoms with E-state index in [2.05, 4.69) is 11.9 Å². The van der Waals surface area contributed by atoms with Crippen molar-refractivity contribution in [3.63, 3.8) is 0 Å². The van der Waals surface area contributed by atoms with Crippen molar-refractivity contribution >= 4 is 11.5 Å². The zero-order chi connectivity index (χ0) is 20.0. The third-order valence-electron chi connectivity index (χ3n) is 5.45. The second kappa shape index (κ2) is 6.66. The summed E-state index contributed by atoms with van der Waals surface area (Å²) in [5.41, 5.74) is 3.14. The standard InChI is InChI=1S/C21H25F2NO3/c1-12-10-13(2)16(14(3)11-12)17-18(27-15(4)26-5)20(24-19(17)25)6-8-21(22,23)9-7-20/h10-11H,4,6-9H2,1-3,5H3,(H,24,25). The van der Waals surface area contributed by atoms with Crippen molar-refractivity contribution in [2.75, 3.05) is 7.11 Å². The predicted molar refractivity (Wildman–Crippen MR) is 99.1 cm³/mol. The summed E-state index contributed by atoms with van der Waals surface area (Å²) in [4.78, 5) is 13.0. The van der Waals surface area contributed by atoms with Gasteiger partial charge in [0, 0.05) is 12.8 Å². The van der Waals surface area contributed by atoms with E-state index in [1.165, 1.54) is 7.11 Å². The highest BCUT2D eigenvalue weighted by Gasteiger charge is 2.53. The number of carbonyl (C=O) groups excluding carboxylic acids is 1. The Bertz CT molecular complexity index is 809. The summed E-state index contributed by atoms with van der Waals surface area (Å²) in [6.07, 6.45) is -0.408. The van der Waals surface area contributed by atoms with Gasteiger partial charge >= 0.3 is 0 Å². The lowest BCUT2D eigenvalue weighted by atomic mass is 9.78. The number of methoxy groups -OCH3 is 1. The van der Waals surface area contributed by atoms with Crippen LogP contribution in [0.5, 0.6) is 0 Å². The molecule has 1 aliphatic carbocycles. The highest BCUT2D eigenvalue weighted by Crippen LogP contribution is 2.48. The van der Waals surface area contributed by atoms with Crippen LogP contribution in [0.3, 0.4) is 0 Å². The molecule has 3 rings (SSSR count). The van der Waals surface area contributed by atoms with E-state index >= 15 is 0 Å². The summed E-state index contributed by atoms with van der Waals surface area (Å²) in [5, 5.41) is 2.94. The number of nitrogens with one attached hydrogen (secondary N) is 1. The number of carbonyl (C=O) groups is 1. The quantitative estimate of drug-likeness (QED) is 0.784. The fourth-order valence-corrected chi connectivity index (χ4v) is 4.18. The Labute approximate surface area is 158 Å². The molecule has 0 unspecified atom stereocenters. The van der Waals surface area contributed by atoms with Crippen LogP contribution in [-0.2, 0) is 14.3 Å². The summed E-state index contributed by atoms with van der Waals surface area (Å²) < 4.78 is 38.4. The smallest absolute Gasteiger partial charge is 0.276 e. The first-order valence-electron chi connectivity index (χ1n) is 9.03. The van der Waals surface area contributed by atoms with Gasteiger partial charge in [-0.3, -0.25) is 4.79 Å². The zero-order valence-corrected chi connectivity index (χ0v) is 16.2. The van der Waals surface area contributed by atoms with Crippen molar-refractivity contribution in [2.24, 2.45) is 0 Å². The Morgan fingerprint density at radius 1 is 1.11 bits per heavy atom. The van der Waals surface area contributed by atoms with Crippen molar-refractivity contribution in [3.05, 3.63) is 52.7 Å². The van der Waals surface area contributed by atoms with Gasteiger partial charge in [0.15, 0.2) is 0 Å². The molecule has 1 aliphatic heterocycles. The van der Waals surface area contributed by atoms with Crippen LogP contribution in [0.1, 0.15) is 47.9 Å². The lowest BCUT2D eigenvalue weighted by molar-refractivity contribution is -0.118. The minimum Gasteiger partial charge on any atom is -0.469 e. The molecule has 2 aliphatic rings. The summed E-state index contributed by atoms with van der Waals surface area (Å²) in [6, 6.07) is 3.98. The van der Waals surface area contributed by atoms with Crippen LogP contribution in [0.2, 0.25) is 0 Å². The summed E-state index contributed by atoms with van der Waals surface area (Å²) >= 11 is 0. The molecule has 1 fully saturated rings. The predicted octanol–water partition coefficient (Wildman–Crippen LogP) is 4.54. The molecule has 0 saturated heterocycles. The fourth-order valence-electron chi connectivity index (χ4n) is 4.18. The first kappa shape index (κ1) is 19.4. The Kier molecular flexibility index (Phi) is 4.78. The van der Waals surface area contributed by atoms with Crippen LogP contribution in [0.15, 0.2) is 30.4 Å². The molecule has 146 valence electrons. The highest BCUT2D eigenvalue weighted by atomic mass is 19.3. The highest BCUT2D eigenvalue weighted by molar-refractivity contribution is 6.24. The first-order chi connectivity index (χ1) is 12.6. The summed E-state index contributed by atoms with van der Waals surface area (Å²) in [6.45, 7) is 9.54. The van der Waals surface area contributed by atoms with Crippen LogP contribution < -0.4 is 5.32 Å². The van der Waals surface area contributed by atoms with Crippen molar-refractivity contribution < 1.29 is 23.0 Å². The van der Waals surface area contributed by atoms with Crippen molar-refractivity contribution in [1.29, 1.82) is 0 Å². The molecule has 1 amide bonds. The molecule has 4 nitrogen and oxygen atoms in total. The van der Waals surface area contributed by atoms with Gasteiger partial charge in [-0.15, -0.1) is 0 Å². The normalized spacial score (nSPS) is 20.6. The third-order valence-corrected chi connectivity index (χ3v) is 5.45. The molecule has 0 bridgehead atoms. The number of hydrogen-bond donors (Lipinski definition) is 1. The molecular formula is C21H25F2NO3. The van der Waals surface area contributed by atoms with Crippen molar-refractivity contribution in [2.45, 2.75) is 57.9 Å². The maximum atomic E-state index is 13.8. The van der Waals surface area contributed by atoms with E-state index in [0.717, 1.165) is 22.3 Å². The maximum Gasteiger partial charge on any atom is 0.276 e. The van der Waals surface area contributed by atoms with Gasteiger partial charge in [0.25, 0.3) is 11.9 Å². The van der Waals surface area contributed by atoms with Crippen molar-refractivity contribution in [1.82, 2.24) is 5.32 Å². The number of benzene rings is 1. The summed E-state index contributed by atoms with van der Waals surface area (Å²) in [5.74, 6) is -2.67. The largest absolute Gasteiger partial charge is 0.469 e. The first-order valence-corrected chi connectivity index (χ1v) is 9.03. The van der Waals surface area contributed by atoms with Crippen LogP contribution in [-0.4, -0.2) is 24.5 Å². The molecule has 1 saturated carbocycles. The molecule has 0 atom stereocenters. The monoisotopic (exact) mass is 377 g/mol. The summed E-state index contributed by atoms with van der Waals surface area (Å²) in [7, 11) is 1.41. The van der Waals surface area contributed by atoms with E-state index < -0.39 is 11.5 Å². The van der Waals surface area contributed by atoms with Gasteiger partial charge in [-0.25, -0.2) is 8.78 Å².